The lowest BCUT2D eigenvalue weighted by atomic mass is 9.78. The molecule has 5 unspecified atom stereocenters. The maximum absolute atomic E-state index is 11.4. The van der Waals surface area contributed by atoms with Crippen molar-refractivity contribution < 1.29 is 9.53 Å². The van der Waals surface area contributed by atoms with Crippen molar-refractivity contribution in [3.8, 4) is 0 Å². The van der Waals surface area contributed by atoms with Gasteiger partial charge in [-0.2, -0.15) is 0 Å². The second-order valence-corrected chi connectivity index (χ2v) is 4.58. The van der Waals surface area contributed by atoms with Crippen LogP contribution in [0.15, 0.2) is 0 Å². The van der Waals surface area contributed by atoms with Crippen LogP contribution in [0.4, 0.5) is 0 Å². The maximum Gasteiger partial charge on any atom is 0.309 e. The van der Waals surface area contributed by atoms with Gasteiger partial charge >= 0.3 is 5.97 Å². The van der Waals surface area contributed by atoms with Gasteiger partial charge in [0.2, 0.25) is 0 Å². The predicted molar refractivity (Wildman–Crippen MR) is 43.4 cm³/mol. The molecule has 2 nitrogen and oxygen atoms in total. The van der Waals surface area contributed by atoms with Crippen LogP contribution in [0, 0.1) is 23.7 Å². The number of ether oxygens (including phenoxy) is 1. The Morgan fingerprint density at radius 2 is 2.17 bits per heavy atom. The molecule has 3 aliphatic rings. The first-order chi connectivity index (χ1) is 5.77. The van der Waals surface area contributed by atoms with Crippen molar-refractivity contribution in [1.29, 1.82) is 0 Å². The lowest BCUT2D eigenvalue weighted by Crippen LogP contribution is -2.33. The molecule has 0 aromatic heterocycles. The van der Waals surface area contributed by atoms with Crippen molar-refractivity contribution in [2.45, 2.75) is 32.3 Å². The van der Waals surface area contributed by atoms with E-state index in [4.69, 9.17) is 4.74 Å². The standard InChI is InChI=1S/C10H14O2/c1-5-6-2-3-9-7(5)4-8(6)10(11)12-9/h5-9H,2-4H2,1H3. The molecule has 0 amide bonds. The molecule has 0 aromatic carbocycles. The highest BCUT2D eigenvalue weighted by Gasteiger charge is 2.55. The van der Waals surface area contributed by atoms with E-state index in [1.54, 1.807) is 0 Å². The number of carbonyl (C=O) groups excluding carboxylic acids is 1. The van der Waals surface area contributed by atoms with Crippen LogP contribution in [0.25, 0.3) is 0 Å². The van der Waals surface area contributed by atoms with E-state index in [-0.39, 0.29) is 18.0 Å². The van der Waals surface area contributed by atoms with Gasteiger partial charge in [0.1, 0.15) is 6.10 Å². The van der Waals surface area contributed by atoms with Gasteiger partial charge in [0, 0.05) is 0 Å². The number of rotatable bonds is 0. The van der Waals surface area contributed by atoms with Crippen molar-refractivity contribution in [3.05, 3.63) is 0 Å². The summed E-state index contributed by atoms with van der Waals surface area (Å²) in [6, 6.07) is 0. The quantitative estimate of drug-likeness (QED) is 0.511. The maximum atomic E-state index is 11.4. The molecule has 3 fully saturated rings. The molecular weight excluding hydrogens is 152 g/mol. The first-order valence-electron chi connectivity index (χ1n) is 4.98. The molecule has 2 saturated carbocycles. The normalized spacial score (nSPS) is 55.8. The van der Waals surface area contributed by atoms with E-state index >= 15 is 0 Å². The fourth-order valence-electron chi connectivity index (χ4n) is 3.55. The monoisotopic (exact) mass is 166 g/mol. The Bertz CT molecular complexity index is 236. The van der Waals surface area contributed by atoms with Crippen molar-refractivity contribution in [1.82, 2.24) is 0 Å². The van der Waals surface area contributed by atoms with E-state index in [2.05, 4.69) is 6.92 Å². The number of carbonyl (C=O) groups is 1. The minimum atomic E-state index is 0.100. The van der Waals surface area contributed by atoms with Gasteiger partial charge in [-0.1, -0.05) is 6.92 Å². The minimum Gasteiger partial charge on any atom is -0.462 e. The summed E-state index contributed by atoms with van der Waals surface area (Å²) in [6.07, 6.45) is 3.75. The fraction of sp³-hybridized carbons (Fsp3) is 0.900. The van der Waals surface area contributed by atoms with Crippen LogP contribution in [0.1, 0.15) is 26.2 Å². The van der Waals surface area contributed by atoms with Crippen LogP contribution in [-0.2, 0) is 9.53 Å². The highest BCUT2D eigenvalue weighted by molar-refractivity contribution is 5.75. The molecule has 0 radical (unpaired) electrons. The van der Waals surface area contributed by atoms with Gasteiger partial charge in [0.25, 0.3) is 0 Å². The Kier molecular flexibility index (Phi) is 1.18. The molecule has 12 heavy (non-hydrogen) atoms. The number of hydrogen-bond donors (Lipinski definition) is 0. The Hall–Kier alpha value is -0.530. The summed E-state index contributed by atoms with van der Waals surface area (Å²) in [5.41, 5.74) is 0. The van der Waals surface area contributed by atoms with Gasteiger partial charge in [-0.25, -0.2) is 0 Å². The molecule has 3 bridgehead atoms. The smallest absolute Gasteiger partial charge is 0.309 e. The molecule has 2 aliphatic carbocycles. The zero-order valence-corrected chi connectivity index (χ0v) is 7.32. The molecule has 0 aromatic rings. The molecule has 2 heteroatoms. The third-order valence-corrected chi connectivity index (χ3v) is 4.23. The predicted octanol–water partition coefficient (Wildman–Crippen LogP) is 1.59. The zero-order chi connectivity index (χ0) is 8.29. The Balaban J connectivity index is 2.04. The van der Waals surface area contributed by atoms with Crippen molar-refractivity contribution in [2.24, 2.45) is 23.7 Å². The summed E-state index contributed by atoms with van der Waals surface area (Å²) in [5.74, 6) is 2.46. The molecular formula is C10H14O2. The lowest BCUT2D eigenvalue weighted by Gasteiger charge is -2.31. The molecule has 1 aliphatic heterocycles. The largest absolute Gasteiger partial charge is 0.462 e. The van der Waals surface area contributed by atoms with E-state index in [1.807, 2.05) is 0 Å². The van der Waals surface area contributed by atoms with E-state index < -0.39 is 0 Å². The fourth-order valence-corrected chi connectivity index (χ4v) is 3.55. The van der Waals surface area contributed by atoms with Crippen molar-refractivity contribution >= 4 is 5.97 Å². The second-order valence-electron chi connectivity index (χ2n) is 4.58. The Morgan fingerprint density at radius 3 is 3.00 bits per heavy atom. The summed E-state index contributed by atoms with van der Waals surface area (Å²) in [6.45, 7) is 2.30. The number of hydrogen-bond acceptors (Lipinski definition) is 2. The number of fused-ring (bicyclic) bond motifs is 3. The Labute approximate surface area is 72.3 Å². The van der Waals surface area contributed by atoms with Crippen LogP contribution < -0.4 is 0 Å². The van der Waals surface area contributed by atoms with Gasteiger partial charge < -0.3 is 4.74 Å². The van der Waals surface area contributed by atoms with Gasteiger partial charge in [-0.15, -0.1) is 0 Å². The van der Waals surface area contributed by atoms with Crippen LogP contribution in [0.3, 0.4) is 0 Å². The molecule has 3 rings (SSSR count). The topological polar surface area (TPSA) is 26.3 Å². The lowest BCUT2D eigenvalue weighted by molar-refractivity contribution is -0.160. The summed E-state index contributed by atoms with van der Waals surface area (Å²) >= 11 is 0. The van der Waals surface area contributed by atoms with Crippen LogP contribution >= 0.6 is 0 Å². The number of esters is 1. The van der Waals surface area contributed by atoms with Gasteiger partial charge in [0.05, 0.1) is 5.92 Å². The second kappa shape index (κ2) is 2.04. The molecule has 1 saturated heterocycles. The van der Waals surface area contributed by atoms with E-state index in [1.165, 1.54) is 6.42 Å². The summed E-state index contributed by atoms with van der Waals surface area (Å²) in [7, 11) is 0. The van der Waals surface area contributed by atoms with Crippen LogP contribution in [0.2, 0.25) is 0 Å². The van der Waals surface area contributed by atoms with Gasteiger partial charge in [0.15, 0.2) is 0 Å². The first-order valence-corrected chi connectivity index (χ1v) is 4.98. The van der Waals surface area contributed by atoms with Crippen LogP contribution in [-0.4, -0.2) is 12.1 Å². The highest BCUT2D eigenvalue weighted by Crippen LogP contribution is 2.54. The molecule has 0 N–H and O–H groups in total. The summed E-state index contributed by atoms with van der Waals surface area (Å²) in [5, 5.41) is 0. The highest BCUT2D eigenvalue weighted by atomic mass is 16.5. The zero-order valence-electron chi connectivity index (χ0n) is 7.32. The molecule has 0 spiro atoms. The third-order valence-electron chi connectivity index (χ3n) is 4.23. The van der Waals surface area contributed by atoms with Crippen molar-refractivity contribution in [3.63, 3.8) is 0 Å². The molecule has 66 valence electrons. The van der Waals surface area contributed by atoms with E-state index in [0.717, 1.165) is 18.8 Å². The van der Waals surface area contributed by atoms with Crippen LogP contribution in [0.5, 0.6) is 0 Å². The average Bonchev–Trinajstić information content (AvgIpc) is 2.22. The van der Waals surface area contributed by atoms with Gasteiger partial charge in [-0.05, 0) is 37.0 Å². The minimum absolute atomic E-state index is 0.100. The molecule has 5 atom stereocenters. The van der Waals surface area contributed by atoms with E-state index in [9.17, 15) is 4.79 Å². The molecule has 1 heterocycles. The summed E-state index contributed by atoms with van der Waals surface area (Å²) < 4.78 is 5.40. The average molecular weight is 166 g/mol. The van der Waals surface area contributed by atoms with Gasteiger partial charge in [-0.3, -0.25) is 4.79 Å². The summed E-state index contributed by atoms with van der Waals surface area (Å²) in [4.78, 5) is 11.4. The SMILES string of the molecule is CC1C2CC3C(=O)OC2CCC31. The Morgan fingerprint density at radius 1 is 1.33 bits per heavy atom. The first kappa shape index (κ1) is 6.93. The van der Waals surface area contributed by atoms with Crippen molar-refractivity contribution in [2.75, 3.05) is 0 Å². The van der Waals surface area contributed by atoms with E-state index in [0.29, 0.717) is 11.8 Å². The third kappa shape index (κ3) is 0.644.